The van der Waals surface area contributed by atoms with Crippen molar-refractivity contribution in [3.63, 3.8) is 0 Å². The molecule has 1 aromatic heterocycles. The first kappa shape index (κ1) is 18.1. The standard InChI is InChI=1S/C17H20ClN5O3/c1-25-15-11-14(20-16(21-15)26-2)22-7-9-23(10-8-22)17(24)19-13-5-3-12(18)4-6-13/h3-6,11H,7-10H2,1-2H3,(H,19,24). The van der Waals surface area contributed by atoms with E-state index in [9.17, 15) is 4.79 Å². The summed E-state index contributed by atoms with van der Waals surface area (Å²) in [6, 6.07) is 8.90. The molecule has 0 spiro atoms. The summed E-state index contributed by atoms with van der Waals surface area (Å²) in [6.07, 6.45) is 0. The molecule has 1 fully saturated rings. The molecule has 0 aliphatic carbocycles. The Morgan fingerprint density at radius 1 is 1.08 bits per heavy atom. The lowest BCUT2D eigenvalue weighted by molar-refractivity contribution is 0.208. The van der Waals surface area contributed by atoms with Gasteiger partial charge in [-0.15, -0.1) is 0 Å². The van der Waals surface area contributed by atoms with E-state index in [0.29, 0.717) is 48.6 Å². The number of hydrogen-bond acceptors (Lipinski definition) is 6. The fourth-order valence-electron chi connectivity index (χ4n) is 2.62. The van der Waals surface area contributed by atoms with Crippen molar-refractivity contribution in [2.45, 2.75) is 0 Å². The van der Waals surface area contributed by atoms with Gasteiger partial charge in [0.1, 0.15) is 5.82 Å². The van der Waals surface area contributed by atoms with Crippen molar-refractivity contribution in [3.8, 4) is 11.9 Å². The van der Waals surface area contributed by atoms with Gasteiger partial charge in [-0.25, -0.2) is 4.79 Å². The summed E-state index contributed by atoms with van der Waals surface area (Å²) in [5.74, 6) is 1.15. The lowest BCUT2D eigenvalue weighted by atomic mass is 10.3. The van der Waals surface area contributed by atoms with E-state index in [1.54, 1.807) is 42.3 Å². The second kappa shape index (κ2) is 8.09. The van der Waals surface area contributed by atoms with Crippen LogP contribution in [0.2, 0.25) is 5.02 Å². The van der Waals surface area contributed by atoms with Crippen molar-refractivity contribution in [2.24, 2.45) is 0 Å². The van der Waals surface area contributed by atoms with Crippen LogP contribution in [0.15, 0.2) is 30.3 Å². The van der Waals surface area contributed by atoms with E-state index >= 15 is 0 Å². The summed E-state index contributed by atoms with van der Waals surface area (Å²) in [7, 11) is 3.06. The summed E-state index contributed by atoms with van der Waals surface area (Å²) >= 11 is 5.86. The maximum atomic E-state index is 12.4. The maximum absolute atomic E-state index is 12.4. The number of methoxy groups -OCH3 is 2. The van der Waals surface area contributed by atoms with Gasteiger partial charge < -0.3 is 24.6 Å². The molecular formula is C17H20ClN5O3. The normalized spacial score (nSPS) is 14.1. The smallest absolute Gasteiger partial charge is 0.321 e. The molecule has 0 saturated carbocycles. The van der Waals surface area contributed by atoms with Crippen LogP contribution in [-0.4, -0.2) is 61.3 Å². The Morgan fingerprint density at radius 2 is 1.77 bits per heavy atom. The molecule has 8 nitrogen and oxygen atoms in total. The Balaban J connectivity index is 1.60. The Bertz CT molecular complexity index is 741. The van der Waals surface area contributed by atoms with Crippen LogP contribution in [0.5, 0.6) is 11.9 Å². The summed E-state index contributed by atoms with van der Waals surface area (Å²) in [5.41, 5.74) is 0.715. The molecule has 9 heteroatoms. The SMILES string of the molecule is COc1cc(N2CCN(C(=O)Nc3ccc(Cl)cc3)CC2)nc(OC)n1. The number of nitrogens with zero attached hydrogens (tertiary/aromatic N) is 4. The van der Waals surface area contributed by atoms with E-state index < -0.39 is 0 Å². The number of anilines is 2. The van der Waals surface area contributed by atoms with Gasteiger partial charge >= 0.3 is 12.0 Å². The zero-order valence-corrected chi connectivity index (χ0v) is 15.4. The molecule has 1 aromatic carbocycles. The number of nitrogens with one attached hydrogen (secondary N) is 1. The molecular weight excluding hydrogens is 358 g/mol. The predicted octanol–water partition coefficient (Wildman–Crippen LogP) is 2.50. The molecule has 26 heavy (non-hydrogen) atoms. The predicted molar refractivity (Wildman–Crippen MR) is 99.4 cm³/mol. The van der Waals surface area contributed by atoms with Gasteiger partial charge in [0.15, 0.2) is 0 Å². The van der Waals surface area contributed by atoms with Crippen LogP contribution in [0.1, 0.15) is 0 Å². The van der Waals surface area contributed by atoms with Crippen LogP contribution in [0.25, 0.3) is 0 Å². The zero-order chi connectivity index (χ0) is 18.5. The van der Waals surface area contributed by atoms with Crippen molar-refractivity contribution in [3.05, 3.63) is 35.4 Å². The summed E-state index contributed by atoms with van der Waals surface area (Å²) < 4.78 is 10.3. The van der Waals surface area contributed by atoms with E-state index in [1.165, 1.54) is 7.11 Å². The molecule has 2 aromatic rings. The highest BCUT2D eigenvalue weighted by Gasteiger charge is 2.23. The number of rotatable bonds is 4. The van der Waals surface area contributed by atoms with Crippen LogP contribution in [0, 0.1) is 0 Å². The number of carbonyl (C=O) groups is 1. The third-order valence-corrected chi connectivity index (χ3v) is 4.30. The number of ether oxygens (including phenoxy) is 2. The number of benzene rings is 1. The number of urea groups is 1. The topological polar surface area (TPSA) is 79.8 Å². The zero-order valence-electron chi connectivity index (χ0n) is 14.6. The minimum atomic E-state index is -0.134. The number of aromatic nitrogens is 2. The second-order valence-electron chi connectivity index (χ2n) is 5.67. The number of amides is 2. The second-order valence-corrected chi connectivity index (χ2v) is 6.10. The number of piperazine rings is 1. The van der Waals surface area contributed by atoms with Crippen molar-refractivity contribution in [2.75, 3.05) is 50.6 Å². The molecule has 1 aliphatic rings. The Labute approximate surface area is 156 Å². The Hall–Kier alpha value is -2.74. The van der Waals surface area contributed by atoms with E-state index in [2.05, 4.69) is 20.2 Å². The minimum Gasteiger partial charge on any atom is -0.481 e. The fraction of sp³-hybridized carbons (Fsp3) is 0.353. The van der Waals surface area contributed by atoms with Crippen LogP contribution >= 0.6 is 11.6 Å². The minimum absolute atomic E-state index is 0.134. The van der Waals surface area contributed by atoms with Crippen molar-refractivity contribution in [1.29, 1.82) is 0 Å². The highest BCUT2D eigenvalue weighted by atomic mass is 35.5. The lowest BCUT2D eigenvalue weighted by Gasteiger charge is -2.35. The average Bonchev–Trinajstić information content (AvgIpc) is 2.69. The third-order valence-electron chi connectivity index (χ3n) is 4.05. The van der Waals surface area contributed by atoms with Crippen molar-refractivity contribution < 1.29 is 14.3 Å². The highest BCUT2D eigenvalue weighted by molar-refractivity contribution is 6.30. The molecule has 3 rings (SSSR count). The first-order chi connectivity index (χ1) is 12.6. The average molecular weight is 378 g/mol. The lowest BCUT2D eigenvalue weighted by Crippen LogP contribution is -2.50. The van der Waals surface area contributed by atoms with Gasteiger partial charge in [0, 0.05) is 43.0 Å². The van der Waals surface area contributed by atoms with Crippen LogP contribution in [0.4, 0.5) is 16.3 Å². The quantitative estimate of drug-likeness (QED) is 0.881. The molecule has 0 unspecified atom stereocenters. The molecule has 138 valence electrons. The molecule has 0 atom stereocenters. The first-order valence-electron chi connectivity index (χ1n) is 8.12. The molecule has 2 heterocycles. The number of carbonyl (C=O) groups excluding carboxylic acids is 1. The van der Waals surface area contributed by atoms with E-state index in [4.69, 9.17) is 21.1 Å². The molecule has 1 saturated heterocycles. The molecule has 0 radical (unpaired) electrons. The van der Waals surface area contributed by atoms with E-state index in [1.807, 2.05) is 0 Å². The van der Waals surface area contributed by atoms with Gasteiger partial charge in [-0.05, 0) is 24.3 Å². The van der Waals surface area contributed by atoms with E-state index in [0.717, 1.165) is 0 Å². The summed E-state index contributed by atoms with van der Waals surface area (Å²) in [5, 5.41) is 3.51. The monoisotopic (exact) mass is 377 g/mol. The van der Waals surface area contributed by atoms with Gasteiger partial charge in [-0.1, -0.05) is 11.6 Å². The summed E-state index contributed by atoms with van der Waals surface area (Å²) in [4.78, 5) is 24.7. The van der Waals surface area contributed by atoms with Crippen molar-refractivity contribution in [1.82, 2.24) is 14.9 Å². The molecule has 1 N–H and O–H groups in total. The fourth-order valence-corrected chi connectivity index (χ4v) is 2.75. The maximum Gasteiger partial charge on any atom is 0.321 e. The number of hydrogen-bond donors (Lipinski definition) is 1. The third kappa shape index (κ3) is 4.26. The Kier molecular flexibility index (Phi) is 5.62. The molecule has 1 aliphatic heterocycles. The molecule has 2 amide bonds. The van der Waals surface area contributed by atoms with Crippen LogP contribution in [0.3, 0.4) is 0 Å². The van der Waals surface area contributed by atoms with Gasteiger partial charge in [-0.2, -0.15) is 9.97 Å². The van der Waals surface area contributed by atoms with Crippen molar-refractivity contribution >= 4 is 29.1 Å². The van der Waals surface area contributed by atoms with E-state index in [-0.39, 0.29) is 12.0 Å². The van der Waals surface area contributed by atoms with Crippen LogP contribution < -0.4 is 19.7 Å². The highest BCUT2D eigenvalue weighted by Crippen LogP contribution is 2.22. The van der Waals surface area contributed by atoms with Crippen LogP contribution in [-0.2, 0) is 0 Å². The Morgan fingerprint density at radius 3 is 2.38 bits per heavy atom. The summed E-state index contributed by atoms with van der Waals surface area (Å²) in [6.45, 7) is 2.46. The van der Waals surface area contributed by atoms with Gasteiger partial charge in [0.2, 0.25) is 5.88 Å². The van der Waals surface area contributed by atoms with Gasteiger partial charge in [0.05, 0.1) is 14.2 Å². The van der Waals surface area contributed by atoms with Gasteiger partial charge in [0.25, 0.3) is 0 Å². The number of halogens is 1. The molecule has 0 bridgehead atoms. The first-order valence-corrected chi connectivity index (χ1v) is 8.50. The largest absolute Gasteiger partial charge is 0.481 e. The van der Waals surface area contributed by atoms with Gasteiger partial charge in [-0.3, -0.25) is 0 Å².